The van der Waals surface area contributed by atoms with Gasteiger partial charge in [-0.15, -0.1) is 0 Å². The maximum Gasteiger partial charge on any atom is 0.330 e. The lowest BCUT2D eigenvalue weighted by molar-refractivity contribution is -0.333. The Morgan fingerprint density at radius 3 is 1.90 bits per heavy atom. The minimum Gasteiger partial charge on any atom is -0.508 e. The van der Waals surface area contributed by atoms with E-state index in [1.165, 1.54) is 33.0 Å². The Hall–Kier alpha value is -9.20. The third-order valence-corrected chi connectivity index (χ3v) is 18.4. The van der Waals surface area contributed by atoms with E-state index in [1.54, 1.807) is 0 Å². The number of halogens is 2. The zero-order chi connectivity index (χ0) is 73.5. The predicted octanol–water partition coefficient (Wildman–Crippen LogP) is 0.106. The molecule has 7 aliphatic heterocycles. The van der Waals surface area contributed by atoms with E-state index in [1.807, 2.05) is 13.8 Å². The first-order chi connectivity index (χ1) is 47.7. The van der Waals surface area contributed by atoms with Gasteiger partial charge in [0.1, 0.15) is 89.5 Å². The summed E-state index contributed by atoms with van der Waals surface area (Å²) in [7, 11) is 1.47. The van der Waals surface area contributed by atoms with Gasteiger partial charge in [0.25, 0.3) is 0 Å². The second-order valence-corrected chi connectivity index (χ2v) is 26.5. The molecule has 18 atom stereocenters. The number of carboxylic acids is 1. The van der Waals surface area contributed by atoms with Crippen LogP contribution in [0, 0.1) is 5.92 Å². The van der Waals surface area contributed by atoms with E-state index < -0.39 is 237 Å². The SMILES string of the molecule is CN[C@H](CC(C)C)C(=O)N[C@H]1C(=O)N[C@@H](CC(N)=O)C(=O)N[C@H]2C(=O)N[C@H]3C(=O)N[C@H](C(=O)N[C@H](C(=O)O)c4cc(O)cc(O)c4-c4cc3ccc4O)C(O)c3ccc(c(Cl)c3)Oc3cc2cc(c3O[C@@H]2O[C@H](CO)[C@@H](O)[C@H](O)[C@H]2OC2C[C@](C)(N)[C@H](O)[C@H](C)O2)Oc2ccc(cc2Cl)[C@H]1O. The Labute approximate surface area is 584 Å². The number of phenols is 3. The lowest BCUT2D eigenvalue weighted by Gasteiger charge is -2.47. The predicted molar refractivity (Wildman–Crippen MR) is 349 cm³/mol. The fraction of sp³-hybridized carbons (Fsp3) is 0.424. The second-order valence-electron chi connectivity index (χ2n) is 25.7. The number of nitrogens with two attached hydrogens (primary N) is 2. The Bertz CT molecular complexity index is 4070. The number of hydrogen-bond acceptors (Lipinski definition) is 25. The highest BCUT2D eigenvalue weighted by molar-refractivity contribution is 6.32. The highest BCUT2D eigenvalue weighted by Gasteiger charge is 2.51. The van der Waals surface area contributed by atoms with Gasteiger partial charge in [0, 0.05) is 34.7 Å². The first-order valence-electron chi connectivity index (χ1n) is 31.6. The van der Waals surface area contributed by atoms with Gasteiger partial charge in [-0.25, -0.2) is 4.79 Å². The number of ether oxygens (including phenoxy) is 6. The fourth-order valence-corrected chi connectivity index (χ4v) is 12.9. The molecule has 5 aromatic carbocycles. The number of likely N-dealkylation sites (N-methyl/N-ethyl adjacent to an activating group) is 1. The van der Waals surface area contributed by atoms with Gasteiger partial charge in [-0.3, -0.25) is 33.6 Å². The molecule has 0 saturated carbocycles. The van der Waals surface area contributed by atoms with Crippen molar-refractivity contribution < 1.29 is 118 Å². The van der Waals surface area contributed by atoms with E-state index in [4.69, 9.17) is 63.1 Å². The average molecular weight is 1450 g/mol. The summed E-state index contributed by atoms with van der Waals surface area (Å²) in [5.74, 6) is -16.0. The molecule has 2 saturated heterocycles. The van der Waals surface area contributed by atoms with E-state index in [2.05, 4.69) is 37.2 Å². The molecule has 0 radical (unpaired) electrons. The zero-order valence-electron chi connectivity index (χ0n) is 54.3. The van der Waals surface area contributed by atoms with Crippen molar-refractivity contribution in [2.45, 2.75) is 156 Å². The number of aliphatic hydroxyl groups is 6. The highest BCUT2D eigenvalue weighted by Crippen LogP contribution is 2.50. The number of carbonyl (C=O) groups is 8. The number of aromatic hydroxyl groups is 3. The first-order valence-corrected chi connectivity index (χ1v) is 32.4. The molecule has 101 heavy (non-hydrogen) atoms. The van der Waals surface area contributed by atoms with Gasteiger partial charge in [-0.2, -0.15) is 0 Å². The van der Waals surface area contributed by atoms with Crippen LogP contribution in [0.25, 0.3) is 11.1 Å². The number of benzene rings is 5. The van der Waals surface area contributed by atoms with Crippen LogP contribution < -0.4 is 62.9 Å². The quantitative estimate of drug-likeness (QED) is 0.0743. The molecule has 7 amide bonds. The molecule has 0 spiro atoms. The summed E-state index contributed by atoms with van der Waals surface area (Å²) in [4.78, 5) is 117. The number of nitrogens with one attached hydrogen (secondary N) is 7. The van der Waals surface area contributed by atoms with Crippen molar-refractivity contribution in [2.75, 3.05) is 13.7 Å². The molecule has 7 aliphatic rings. The molecule has 21 N–H and O–H groups in total. The normalized spacial score (nSPS) is 29.4. The van der Waals surface area contributed by atoms with Gasteiger partial charge in [-0.1, -0.05) is 55.2 Å². The fourth-order valence-electron chi connectivity index (χ4n) is 12.5. The Kier molecular flexibility index (Phi) is 22.2. The maximum absolute atomic E-state index is 16.0. The third-order valence-electron chi connectivity index (χ3n) is 17.8. The van der Waals surface area contributed by atoms with Crippen molar-refractivity contribution in [3.63, 3.8) is 0 Å². The monoisotopic (exact) mass is 1450 g/mol. The van der Waals surface area contributed by atoms with Gasteiger partial charge < -0.3 is 128 Å². The van der Waals surface area contributed by atoms with Crippen LogP contribution in [0.4, 0.5) is 0 Å². The number of fused-ring (bicyclic) bond motifs is 15. The Balaban J connectivity index is 1.24. The topological polar surface area (TPSA) is 530 Å². The third kappa shape index (κ3) is 15.8. The number of phenolic OH excluding ortho intramolecular Hbond substituents is 3. The van der Waals surface area contributed by atoms with Crippen molar-refractivity contribution in [3.05, 3.63) is 117 Å². The molecule has 2 fully saturated rings. The van der Waals surface area contributed by atoms with Gasteiger partial charge >= 0.3 is 5.97 Å². The molecule has 0 aromatic heterocycles. The van der Waals surface area contributed by atoms with E-state index in [0.717, 1.165) is 66.7 Å². The number of amides is 7. The molecule has 33 nitrogen and oxygen atoms in total. The van der Waals surface area contributed by atoms with Crippen molar-refractivity contribution >= 4 is 70.5 Å². The average Bonchev–Trinajstić information content (AvgIpc) is 0.775. The van der Waals surface area contributed by atoms with Crippen molar-refractivity contribution in [3.8, 4) is 57.1 Å². The summed E-state index contributed by atoms with van der Waals surface area (Å²) in [5, 5.41) is 131. The van der Waals surface area contributed by atoms with Crippen LogP contribution >= 0.6 is 23.2 Å². The van der Waals surface area contributed by atoms with E-state index in [0.29, 0.717) is 0 Å². The van der Waals surface area contributed by atoms with Gasteiger partial charge in [0.15, 0.2) is 29.9 Å². The molecule has 2 unspecified atom stereocenters. The van der Waals surface area contributed by atoms with Gasteiger partial charge in [-0.05, 0) is 110 Å². The minimum absolute atomic E-state index is 0.0975. The standard InChI is InChI=1S/C66H75Cl2N9O24/c1-23(2)12-34(71-5)58(88)76-49-51(83)26-7-10-38(32(67)14-26)97-40-16-28-17-41(55(40)101-65-56(54(86)53(85)42(22-78)99-65)100-44-21-66(4,70)57(87)24(3)96-44)98-39-11-8-27(15-33(39)68)52(84)50-63(93)75-48(64(94)95)31-18-29(79)19-37(81)45(31)30-13-25(6-9-36(30)80)46(60(90)77-50)74-61(91)47(28)73-59(89)35(20-43(69)82)72-62(49)92/h6-11,13-19,23-24,34-35,42,44,46-54,56-57,65,71,78-81,83-87H,12,20-22,70H2,1-5H3,(H2,69,82)(H,72,92)(H,73,89)(H,74,91)(H,75,93)(H,76,88)(H,77,90)(H,94,95)/t24-,34+,35-,42+,44?,46+,47+,48-,49+,50-,51+,52?,53+,54-,56+,57+,65-,66-/m0/s1. The highest BCUT2D eigenvalue weighted by atomic mass is 35.5. The Morgan fingerprint density at radius 2 is 1.32 bits per heavy atom. The van der Waals surface area contributed by atoms with Gasteiger partial charge in [0.2, 0.25) is 53.4 Å². The van der Waals surface area contributed by atoms with Crippen molar-refractivity contribution in [2.24, 2.45) is 17.4 Å². The number of primary amides is 1. The number of hydrogen-bond donors (Lipinski definition) is 19. The molecule has 542 valence electrons. The second kappa shape index (κ2) is 30.2. The lowest BCUT2D eigenvalue weighted by Crippen LogP contribution is -2.64. The molecular weight excluding hydrogens is 1370 g/mol. The number of aliphatic hydroxyl groups excluding tert-OH is 6. The lowest BCUT2D eigenvalue weighted by atomic mass is 9.86. The number of aliphatic carboxylic acids is 1. The van der Waals surface area contributed by atoms with Crippen molar-refractivity contribution in [1.29, 1.82) is 0 Å². The van der Waals surface area contributed by atoms with Crippen LogP contribution in [-0.2, 0) is 52.6 Å². The number of rotatable bonds is 13. The summed E-state index contributed by atoms with van der Waals surface area (Å²) >= 11 is 14.1. The minimum atomic E-state index is -2.35. The maximum atomic E-state index is 16.0. The molecule has 12 rings (SSSR count). The molecule has 35 heteroatoms. The summed E-state index contributed by atoms with van der Waals surface area (Å²) in [6.45, 7) is 5.66. The largest absolute Gasteiger partial charge is 0.508 e. The summed E-state index contributed by atoms with van der Waals surface area (Å²) in [5.41, 5.74) is 8.00. The van der Waals surface area contributed by atoms with E-state index in [9.17, 15) is 75.0 Å². The van der Waals surface area contributed by atoms with Crippen LogP contribution in [0.2, 0.25) is 10.0 Å². The first kappa shape index (κ1) is 74.5. The Morgan fingerprint density at radius 1 is 0.713 bits per heavy atom. The van der Waals surface area contributed by atoms with Crippen LogP contribution in [0.5, 0.6) is 46.0 Å². The summed E-state index contributed by atoms with van der Waals surface area (Å²) in [6, 6.07) is -0.679. The van der Waals surface area contributed by atoms with Crippen LogP contribution in [0.15, 0.2) is 78.9 Å². The van der Waals surface area contributed by atoms with Crippen molar-refractivity contribution in [1.82, 2.24) is 37.2 Å². The molecule has 7 heterocycles. The summed E-state index contributed by atoms with van der Waals surface area (Å²) in [6.07, 6.45) is -18.6. The molecule has 5 aromatic rings. The van der Waals surface area contributed by atoms with Crippen LogP contribution in [0.3, 0.4) is 0 Å². The molecule has 0 aliphatic carbocycles. The smallest absolute Gasteiger partial charge is 0.330 e. The number of carbonyl (C=O) groups excluding carboxylic acids is 7. The molecule has 11 bridgehead atoms. The summed E-state index contributed by atoms with van der Waals surface area (Å²) < 4.78 is 38.3. The van der Waals surface area contributed by atoms with E-state index in [-0.39, 0.29) is 46.2 Å². The van der Waals surface area contributed by atoms with Gasteiger partial charge in [0.05, 0.1) is 41.3 Å². The van der Waals surface area contributed by atoms with Crippen LogP contribution in [0.1, 0.15) is 105 Å². The zero-order valence-corrected chi connectivity index (χ0v) is 55.8. The van der Waals surface area contributed by atoms with Crippen LogP contribution in [-0.4, -0.2) is 191 Å². The number of carboxylic acid groups (broad SMARTS) is 1. The molecular formula is C66H75Cl2N9O24. The van der Waals surface area contributed by atoms with E-state index >= 15 is 14.4 Å².